The first-order chi connectivity index (χ1) is 8.24. The smallest absolute Gasteiger partial charge is 0.0761 e. The number of hydrogen-bond acceptors (Lipinski definition) is 2. The van der Waals surface area contributed by atoms with E-state index in [1.165, 1.54) is 0 Å². The molecule has 2 heteroatoms. The van der Waals surface area contributed by atoms with Gasteiger partial charge in [0.1, 0.15) is 0 Å². The van der Waals surface area contributed by atoms with E-state index < -0.39 is 0 Å². The van der Waals surface area contributed by atoms with Gasteiger partial charge in [-0.15, -0.1) is 0 Å². The standard InChI is InChI=1S/C8H10O.C7H8O/c1-7(9)8-5-3-2-4-6-8;8-6-7-4-2-1-3-5-7/h2-7,9H,1H3;1-5,8H,6H2. The van der Waals surface area contributed by atoms with Crippen LogP contribution in [-0.2, 0) is 6.61 Å². The second-order valence-electron chi connectivity index (χ2n) is 3.73. The predicted molar refractivity (Wildman–Crippen MR) is 69.4 cm³/mol. The highest BCUT2D eigenvalue weighted by molar-refractivity contribution is 5.16. The Morgan fingerprint density at radius 3 is 1.65 bits per heavy atom. The van der Waals surface area contributed by atoms with E-state index in [-0.39, 0.29) is 12.7 Å². The first-order valence-corrected chi connectivity index (χ1v) is 5.62. The minimum Gasteiger partial charge on any atom is -0.392 e. The Morgan fingerprint density at radius 1 is 0.882 bits per heavy atom. The molecule has 2 aromatic carbocycles. The lowest BCUT2D eigenvalue weighted by atomic mass is 10.1. The molecule has 0 aliphatic heterocycles. The summed E-state index contributed by atoms with van der Waals surface area (Å²) in [6, 6.07) is 19.1. The maximum absolute atomic E-state index is 9.02. The van der Waals surface area contributed by atoms with Crippen molar-refractivity contribution in [2.24, 2.45) is 0 Å². The monoisotopic (exact) mass is 230 g/mol. The molecule has 2 nitrogen and oxygen atoms in total. The molecule has 17 heavy (non-hydrogen) atoms. The molecule has 0 fully saturated rings. The molecule has 90 valence electrons. The topological polar surface area (TPSA) is 40.5 Å². The van der Waals surface area contributed by atoms with Gasteiger partial charge >= 0.3 is 0 Å². The van der Waals surface area contributed by atoms with E-state index in [0.29, 0.717) is 0 Å². The maximum Gasteiger partial charge on any atom is 0.0761 e. The van der Waals surface area contributed by atoms with Crippen LogP contribution in [0.2, 0.25) is 0 Å². The van der Waals surface area contributed by atoms with Crippen LogP contribution in [-0.4, -0.2) is 10.2 Å². The van der Waals surface area contributed by atoms with Crippen molar-refractivity contribution in [1.82, 2.24) is 0 Å². The second-order valence-corrected chi connectivity index (χ2v) is 3.73. The molecule has 1 atom stereocenters. The Bertz CT molecular complexity index is 396. The highest BCUT2D eigenvalue weighted by Crippen LogP contribution is 2.09. The first-order valence-electron chi connectivity index (χ1n) is 5.62. The van der Waals surface area contributed by atoms with Gasteiger partial charge in [-0.25, -0.2) is 0 Å². The van der Waals surface area contributed by atoms with E-state index in [9.17, 15) is 0 Å². The molecular formula is C15H18O2. The molecular weight excluding hydrogens is 212 g/mol. The third-order valence-corrected chi connectivity index (χ3v) is 2.31. The number of benzene rings is 2. The Hall–Kier alpha value is -1.64. The molecule has 0 aliphatic rings. The zero-order chi connectivity index (χ0) is 12.5. The van der Waals surface area contributed by atoms with Crippen LogP contribution < -0.4 is 0 Å². The summed E-state index contributed by atoms with van der Waals surface area (Å²) in [5.74, 6) is 0. The average Bonchev–Trinajstić information content (AvgIpc) is 2.41. The van der Waals surface area contributed by atoms with Crippen LogP contribution in [0.15, 0.2) is 60.7 Å². The number of aliphatic hydroxyl groups excluding tert-OH is 2. The van der Waals surface area contributed by atoms with Crippen LogP contribution in [0, 0.1) is 0 Å². The number of hydrogen-bond donors (Lipinski definition) is 2. The van der Waals surface area contributed by atoms with Crippen LogP contribution in [0.1, 0.15) is 24.2 Å². The fraction of sp³-hybridized carbons (Fsp3) is 0.200. The molecule has 0 aromatic heterocycles. The molecule has 1 unspecified atom stereocenters. The molecule has 0 heterocycles. The molecule has 0 amide bonds. The predicted octanol–water partition coefficient (Wildman–Crippen LogP) is 2.92. The Morgan fingerprint density at radius 2 is 1.35 bits per heavy atom. The summed E-state index contributed by atoms with van der Waals surface area (Å²) in [7, 11) is 0. The first kappa shape index (κ1) is 13.4. The molecule has 2 N–H and O–H groups in total. The van der Waals surface area contributed by atoms with Gasteiger partial charge in [0.25, 0.3) is 0 Å². The second kappa shape index (κ2) is 7.60. The molecule has 0 saturated heterocycles. The average molecular weight is 230 g/mol. The van der Waals surface area contributed by atoms with E-state index in [4.69, 9.17) is 10.2 Å². The van der Waals surface area contributed by atoms with E-state index >= 15 is 0 Å². The summed E-state index contributed by atoms with van der Waals surface area (Å²) in [5, 5.41) is 17.6. The van der Waals surface area contributed by atoms with Crippen molar-refractivity contribution in [2.75, 3.05) is 0 Å². The molecule has 0 aliphatic carbocycles. The zero-order valence-corrected chi connectivity index (χ0v) is 9.95. The van der Waals surface area contributed by atoms with Crippen molar-refractivity contribution in [2.45, 2.75) is 19.6 Å². The molecule has 0 bridgehead atoms. The van der Waals surface area contributed by atoms with Crippen molar-refractivity contribution in [1.29, 1.82) is 0 Å². The molecule has 2 aromatic rings. The molecule has 0 saturated carbocycles. The van der Waals surface area contributed by atoms with Crippen LogP contribution >= 0.6 is 0 Å². The minimum atomic E-state index is -0.341. The zero-order valence-electron chi connectivity index (χ0n) is 9.95. The van der Waals surface area contributed by atoms with Crippen molar-refractivity contribution >= 4 is 0 Å². The van der Waals surface area contributed by atoms with Crippen molar-refractivity contribution in [3.63, 3.8) is 0 Å². The fourth-order valence-electron chi connectivity index (χ4n) is 1.31. The van der Waals surface area contributed by atoms with Crippen molar-refractivity contribution in [3.05, 3.63) is 71.8 Å². The summed E-state index contributed by atoms with van der Waals surface area (Å²) < 4.78 is 0. The third kappa shape index (κ3) is 5.29. The van der Waals surface area contributed by atoms with Crippen LogP contribution in [0.4, 0.5) is 0 Å². The van der Waals surface area contributed by atoms with Gasteiger partial charge in [0.05, 0.1) is 12.7 Å². The van der Waals surface area contributed by atoms with Gasteiger partial charge in [-0.2, -0.15) is 0 Å². The lowest BCUT2D eigenvalue weighted by Gasteiger charge is -2.00. The maximum atomic E-state index is 9.02. The molecule has 0 radical (unpaired) electrons. The van der Waals surface area contributed by atoms with Crippen molar-refractivity contribution in [3.8, 4) is 0 Å². The molecule has 0 spiro atoms. The van der Waals surface area contributed by atoms with Crippen LogP contribution in [0.3, 0.4) is 0 Å². The summed E-state index contributed by atoms with van der Waals surface area (Å²) in [5.41, 5.74) is 1.94. The highest BCUT2D eigenvalue weighted by atomic mass is 16.3. The van der Waals surface area contributed by atoms with Gasteiger partial charge in [0, 0.05) is 0 Å². The largest absolute Gasteiger partial charge is 0.392 e. The third-order valence-electron chi connectivity index (χ3n) is 2.31. The summed E-state index contributed by atoms with van der Waals surface area (Å²) in [4.78, 5) is 0. The number of rotatable bonds is 2. The van der Waals surface area contributed by atoms with Crippen LogP contribution in [0.25, 0.3) is 0 Å². The normalized spacial score (nSPS) is 11.2. The van der Waals surface area contributed by atoms with E-state index in [0.717, 1.165) is 11.1 Å². The van der Waals surface area contributed by atoms with E-state index in [2.05, 4.69) is 0 Å². The van der Waals surface area contributed by atoms with Gasteiger partial charge < -0.3 is 10.2 Å². The summed E-state index contributed by atoms with van der Waals surface area (Å²) in [6.07, 6.45) is -0.341. The Labute approximate surface area is 102 Å². The van der Waals surface area contributed by atoms with Gasteiger partial charge in [0.15, 0.2) is 0 Å². The van der Waals surface area contributed by atoms with E-state index in [1.54, 1.807) is 6.92 Å². The SMILES string of the molecule is CC(O)c1ccccc1.OCc1ccccc1. The highest BCUT2D eigenvalue weighted by Gasteiger charge is 1.95. The van der Waals surface area contributed by atoms with Gasteiger partial charge in [-0.3, -0.25) is 0 Å². The molecule has 2 rings (SSSR count). The fourth-order valence-corrected chi connectivity index (χ4v) is 1.31. The lowest BCUT2D eigenvalue weighted by molar-refractivity contribution is 0.199. The Kier molecular flexibility index (Phi) is 6.00. The van der Waals surface area contributed by atoms with Gasteiger partial charge in [-0.1, -0.05) is 60.7 Å². The Balaban J connectivity index is 0.000000171. The lowest BCUT2D eigenvalue weighted by Crippen LogP contribution is -1.87. The van der Waals surface area contributed by atoms with Crippen LogP contribution in [0.5, 0.6) is 0 Å². The van der Waals surface area contributed by atoms with Crippen molar-refractivity contribution < 1.29 is 10.2 Å². The van der Waals surface area contributed by atoms with Gasteiger partial charge in [-0.05, 0) is 18.1 Å². The summed E-state index contributed by atoms with van der Waals surface area (Å²) >= 11 is 0. The quantitative estimate of drug-likeness (QED) is 0.832. The minimum absolute atomic E-state index is 0.140. The number of aliphatic hydroxyl groups is 2. The van der Waals surface area contributed by atoms with E-state index in [1.807, 2.05) is 60.7 Å². The summed E-state index contributed by atoms with van der Waals surface area (Å²) in [6.45, 7) is 1.90. The van der Waals surface area contributed by atoms with Gasteiger partial charge in [0.2, 0.25) is 0 Å².